The molecule has 2 rings (SSSR count). The van der Waals surface area contributed by atoms with Crippen LogP contribution in [-0.4, -0.2) is 47.1 Å². The van der Waals surface area contributed by atoms with Crippen LogP contribution in [0.5, 0.6) is 0 Å². The molecule has 2 aromatic rings. The Morgan fingerprint density at radius 1 is 1.10 bits per heavy atom. The van der Waals surface area contributed by atoms with Gasteiger partial charge >= 0.3 is 11.9 Å². The SMILES string of the molecule is COC(=O)CC(CC(=O)OC)n1cc(NC(=O)[C@H](C)SCc2ccccc2)cn1. The highest BCUT2D eigenvalue weighted by Crippen LogP contribution is 2.21. The van der Waals surface area contributed by atoms with Gasteiger partial charge in [-0.25, -0.2) is 0 Å². The molecule has 0 aliphatic carbocycles. The van der Waals surface area contributed by atoms with Gasteiger partial charge in [0.15, 0.2) is 0 Å². The molecular weight excluding hydrogens is 394 g/mol. The molecule has 1 heterocycles. The van der Waals surface area contributed by atoms with E-state index in [-0.39, 0.29) is 24.0 Å². The zero-order chi connectivity index (χ0) is 21.2. The van der Waals surface area contributed by atoms with E-state index >= 15 is 0 Å². The number of carbonyl (C=O) groups excluding carboxylic acids is 3. The van der Waals surface area contributed by atoms with E-state index in [0.29, 0.717) is 5.69 Å². The van der Waals surface area contributed by atoms with Gasteiger partial charge in [0.25, 0.3) is 0 Å². The third-order valence-corrected chi connectivity index (χ3v) is 5.43. The Balaban J connectivity index is 1.96. The Kier molecular flexibility index (Phi) is 8.72. The highest BCUT2D eigenvalue weighted by atomic mass is 32.2. The van der Waals surface area contributed by atoms with Crippen molar-refractivity contribution in [1.82, 2.24) is 9.78 Å². The summed E-state index contributed by atoms with van der Waals surface area (Å²) in [6.45, 7) is 1.84. The van der Waals surface area contributed by atoms with E-state index in [1.807, 2.05) is 37.3 Å². The minimum Gasteiger partial charge on any atom is -0.469 e. The van der Waals surface area contributed by atoms with Crippen molar-refractivity contribution in [2.24, 2.45) is 0 Å². The lowest BCUT2D eigenvalue weighted by atomic mass is 10.1. The zero-order valence-corrected chi connectivity index (χ0v) is 17.5. The maximum atomic E-state index is 12.4. The lowest BCUT2D eigenvalue weighted by molar-refractivity contribution is -0.144. The number of nitrogens with zero attached hydrogens (tertiary/aromatic N) is 2. The Morgan fingerprint density at radius 3 is 2.31 bits per heavy atom. The third kappa shape index (κ3) is 7.26. The highest BCUT2D eigenvalue weighted by molar-refractivity contribution is 7.99. The molecule has 0 spiro atoms. The first-order valence-corrected chi connectivity index (χ1v) is 10.1. The van der Waals surface area contributed by atoms with Crippen molar-refractivity contribution in [3.63, 3.8) is 0 Å². The largest absolute Gasteiger partial charge is 0.469 e. The molecule has 0 unspecified atom stereocenters. The van der Waals surface area contributed by atoms with Crippen molar-refractivity contribution in [1.29, 1.82) is 0 Å². The number of rotatable bonds is 10. The van der Waals surface area contributed by atoms with Crippen LogP contribution in [0.3, 0.4) is 0 Å². The lowest BCUT2D eigenvalue weighted by Gasteiger charge is -2.15. The average Bonchev–Trinajstić information content (AvgIpc) is 3.20. The van der Waals surface area contributed by atoms with Crippen LogP contribution in [0.15, 0.2) is 42.7 Å². The molecule has 0 bridgehead atoms. The van der Waals surface area contributed by atoms with Crippen molar-refractivity contribution >= 4 is 35.3 Å². The molecule has 1 atom stereocenters. The number of hydrogen-bond donors (Lipinski definition) is 1. The summed E-state index contributed by atoms with van der Waals surface area (Å²) in [6.07, 6.45) is 2.99. The molecule has 1 aromatic carbocycles. The zero-order valence-electron chi connectivity index (χ0n) is 16.7. The quantitative estimate of drug-likeness (QED) is 0.591. The minimum absolute atomic E-state index is 0.0377. The van der Waals surface area contributed by atoms with E-state index < -0.39 is 18.0 Å². The number of esters is 2. The van der Waals surface area contributed by atoms with Crippen molar-refractivity contribution in [2.45, 2.75) is 36.8 Å². The third-order valence-electron chi connectivity index (χ3n) is 4.22. The number of anilines is 1. The van der Waals surface area contributed by atoms with Crippen LogP contribution in [0.1, 0.15) is 31.4 Å². The number of nitrogens with one attached hydrogen (secondary N) is 1. The molecule has 1 aromatic heterocycles. The fourth-order valence-corrected chi connectivity index (χ4v) is 3.37. The molecule has 29 heavy (non-hydrogen) atoms. The molecule has 0 aliphatic rings. The van der Waals surface area contributed by atoms with Gasteiger partial charge in [-0.3, -0.25) is 19.1 Å². The standard InChI is InChI=1S/C20H25N3O5S/c1-14(29-13-15-7-5-4-6-8-15)20(26)22-16-11-21-23(12-16)17(9-18(24)27-2)10-19(25)28-3/h4-8,11-12,14,17H,9-10,13H2,1-3H3,(H,22,26)/t14-/m0/s1. The fraction of sp³-hybridized carbons (Fsp3) is 0.400. The number of benzene rings is 1. The predicted molar refractivity (Wildman–Crippen MR) is 110 cm³/mol. The summed E-state index contributed by atoms with van der Waals surface area (Å²) in [5, 5.41) is 6.72. The summed E-state index contributed by atoms with van der Waals surface area (Å²) < 4.78 is 10.8. The smallest absolute Gasteiger partial charge is 0.307 e. The van der Waals surface area contributed by atoms with Crippen LogP contribution in [-0.2, 0) is 29.6 Å². The van der Waals surface area contributed by atoms with Crippen LogP contribution in [0.4, 0.5) is 5.69 Å². The van der Waals surface area contributed by atoms with E-state index in [1.165, 1.54) is 36.9 Å². The van der Waals surface area contributed by atoms with Gasteiger partial charge in [0.2, 0.25) is 5.91 Å². The van der Waals surface area contributed by atoms with Gasteiger partial charge in [-0.2, -0.15) is 5.10 Å². The summed E-state index contributed by atoms with van der Waals surface area (Å²) in [5.74, 6) is -0.352. The highest BCUT2D eigenvalue weighted by Gasteiger charge is 2.22. The number of amides is 1. The summed E-state index contributed by atoms with van der Waals surface area (Å²) in [4.78, 5) is 35.7. The van der Waals surface area contributed by atoms with E-state index in [1.54, 1.807) is 6.20 Å². The summed E-state index contributed by atoms with van der Waals surface area (Å²) >= 11 is 1.53. The minimum atomic E-state index is -0.564. The Morgan fingerprint density at radius 2 is 1.72 bits per heavy atom. The predicted octanol–water partition coefficient (Wildman–Crippen LogP) is 2.81. The van der Waals surface area contributed by atoms with E-state index in [4.69, 9.17) is 0 Å². The van der Waals surface area contributed by atoms with Crippen LogP contribution in [0, 0.1) is 0 Å². The number of carbonyl (C=O) groups is 3. The molecule has 0 radical (unpaired) electrons. The fourth-order valence-electron chi connectivity index (χ4n) is 2.53. The first-order valence-electron chi connectivity index (χ1n) is 9.07. The van der Waals surface area contributed by atoms with E-state index in [0.717, 1.165) is 11.3 Å². The number of hydrogen-bond acceptors (Lipinski definition) is 7. The summed E-state index contributed by atoms with van der Waals surface area (Å²) in [6, 6.07) is 9.36. The molecule has 156 valence electrons. The Labute approximate surface area is 173 Å². The maximum Gasteiger partial charge on any atom is 0.307 e. The molecule has 8 nitrogen and oxygen atoms in total. The molecule has 0 aliphatic heterocycles. The van der Waals surface area contributed by atoms with Gasteiger partial charge in [-0.05, 0) is 12.5 Å². The second kappa shape index (κ2) is 11.3. The monoisotopic (exact) mass is 419 g/mol. The van der Waals surface area contributed by atoms with Crippen LogP contribution in [0.25, 0.3) is 0 Å². The molecule has 0 saturated heterocycles. The van der Waals surface area contributed by atoms with Crippen molar-refractivity contribution < 1.29 is 23.9 Å². The van der Waals surface area contributed by atoms with Gasteiger partial charge in [-0.1, -0.05) is 30.3 Å². The van der Waals surface area contributed by atoms with E-state index in [2.05, 4.69) is 19.9 Å². The van der Waals surface area contributed by atoms with Gasteiger partial charge in [0, 0.05) is 11.9 Å². The number of aromatic nitrogens is 2. The van der Waals surface area contributed by atoms with Gasteiger partial charge in [0.1, 0.15) is 0 Å². The topological polar surface area (TPSA) is 99.5 Å². The number of ether oxygens (including phenoxy) is 2. The van der Waals surface area contributed by atoms with Crippen LogP contribution >= 0.6 is 11.8 Å². The molecule has 0 saturated carbocycles. The van der Waals surface area contributed by atoms with Crippen molar-refractivity contribution in [2.75, 3.05) is 19.5 Å². The normalized spacial score (nSPS) is 11.7. The second-order valence-corrected chi connectivity index (χ2v) is 7.68. The van der Waals surface area contributed by atoms with Crippen molar-refractivity contribution in [3.05, 3.63) is 48.3 Å². The first-order chi connectivity index (χ1) is 13.9. The Bertz CT molecular complexity index is 807. The lowest BCUT2D eigenvalue weighted by Crippen LogP contribution is -2.22. The van der Waals surface area contributed by atoms with Crippen molar-refractivity contribution in [3.8, 4) is 0 Å². The van der Waals surface area contributed by atoms with Crippen LogP contribution in [0.2, 0.25) is 0 Å². The van der Waals surface area contributed by atoms with Gasteiger partial charge in [-0.15, -0.1) is 11.8 Å². The molecule has 0 fully saturated rings. The van der Waals surface area contributed by atoms with Gasteiger partial charge < -0.3 is 14.8 Å². The van der Waals surface area contributed by atoms with Crippen LogP contribution < -0.4 is 5.32 Å². The number of thioether (sulfide) groups is 1. The molecule has 9 heteroatoms. The molecule has 1 amide bonds. The summed E-state index contributed by atoms with van der Waals surface area (Å²) in [5.41, 5.74) is 1.64. The number of methoxy groups -OCH3 is 2. The first kappa shape index (κ1) is 22.5. The van der Waals surface area contributed by atoms with Gasteiger partial charge in [0.05, 0.1) is 50.2 Å². The maximum absolute atomic E-state index is 12.4. The Hall–Kier alpha value is -2.81. The second-order valence-electron chi connectivity index (χ2n) is 6.35. The average molecular weight is 420 g/mol. The molecule has 1 N–H and O–H groups in total. The van der Waals surface area contributed by atoms with E-state index in [9.17, 15) is 14.4 Å². The summed E-state index contributed by atoms with van der Waals surface area (Å²) in [7, 11) is 2.56. The molecular formula is C20H25N3O5S.